The number of nitrogens with one attached hydrogen (secondary N) is 1. The molecule has 3 aromatic heterocycles. The van der Waals surface area contributed by atoms with Crippen molar-refractivity contribution in [3.63, 3.8) is 0 Å². The van der Waals surface area contributed by atoms with Gasteiger partial charge in [-0.2, -0.15) is 13.2 Å². The number of carbonyl (C=O) groups is 1. The van der Waals surface area contributed by atoms with E-state index in [1.54, 1.807) is 28.7 Å². The normalized spacial score (nSPS) is 16.1. The molecule has 1 unspecified atom stereocenters. The Morgan fingerprint density at radius 1 is 1.00 bits per heavy atom. The molecule has 4 aromatic rings. The molecule has 1 aliphatic heterocycles. The summed E-state index contributed by atoms with van der Waals surface area (Å²) < 4.78 is 43.7. The molecule has 1 fully saturated rings. The van der Waals surface area contributed by atoms with Crippen LogP contribution < -0.4 is 5.32 Å². The van der Waals surface area contributed by atoms with Crippen molar-refractivity contribution in [3.05, 3.63) is 59.8 Å². The molecule has 0 aliphatic carbocycles. The zero-order chi connectivity index (χ0) is 25.7. The quantitative estimate of drug-likeness (QED) is 0.422. The number of carbonyl (C=O) groups excluding carboxylic acids is 1. The number of amides is 1. The van der Waals surface area contributed by atoms with Crippen LogP contribution in [0.5, 0.6) is 0 Å². The van der Waals surface area contributed by atoms with Crippen LogP contribution in [0.3, 0.4) is 0 Å². The van der Waals surface area contributed by atoms with E-state index in [-0.39, 0.29) is 17.0 Å². The highest BCUT2D eigenvalue weighted by Gasteiger charge is 2.45. The van der Waals surface area contributed by atoms with Gasteiger partial charge in [0.2, 0.25) is 0 Å². The summed E-state index contributed by atoms with van der Waals surface area (Å²) in [7, 11) is 0. The van der Waals surface area contributed by atoms with Gasteiger partial charge in [0.25, 0.3) is 5.91 Å². The zero-order valence-corrected chi connectivity index (χ0v) is 20.3. The van der Waals surface area contributed by atoms with Crippen molar-refractivity contribution in [1.29, 1.82) is 0 Å². The maximum atomic E-state index is 14.1. The summed E-state index contributed by atoms with van der Waals surface area (Å²) in [5, 5.41) is 12.1. The fourth-order valence-corrected chi connectivity index (χ4v) is 4.65. The lowest BCUT2D eigenvalue weighted by Crippen LogP contribution is -2.40. The molecule has 7 nitrogen and oxygen atoms in total. The lowest BCUT2D eigenvalue weighted by molar-refractivity contribution is -0.183. The largest absolute Gasteiger partial charge is 0.408 e. The zero-order valence-electron chi connectivity index (χ0n) is 20.3. The maximum Gasteiger partial charge on any atom is 0.408 e. The molecule has 1 N–H and O–H groups in total. The minimum atomic E-state index is -4.41. The van der Waals surface area contributed by atoms with E-state index < -0.39 is 12.2 Å². The van der Waals surface area contributed by atoms with Crippen LogP contribution in [0, 0.1) is 0 Å². The van der Waals surface area contributed by atoms with E-state index in [4.69, 9.17) is 0 Å². The molecule has 10 heteroatoms. The molecule has 0 saturated carbocycles. The number of hydrogen-bond donors (Lipinski definition) is 1. The van der Waals surface area contributed by atoms with Gasteiger partial charge in [-0.15, -0.1) is 10.2 Å². The second kappa shape index (κ2) is 8.85. The second-order valence-corrected chi connectivity index (χ2v) is 10.2. The molecule has 1 aromatic carbocycles. The van der Waals surface area contributed by atoms with Gasteiger partial charge in [-0.05, 0) is 76.5 Å². The van der Waals surface area contributed by atoms with E-state index in [1.165, 1.54) is 17.2 Å². The van der Waals surface area contributed by atoms with Gasteiger partial charge in [-0.1, -0.05) is 18.2 Å². The summed E-state index contributed by atoms with van der Waals surface area (Å²) in [6, 6.07) is 10.2. The SMILES string of the molecule is CC(C)(C)NC(=O)c1ccc2ccc(-c3nnc4ccc(C(N5CCCC5)C(F)(F)F)cn34)nc2c1. The first-order chi connectivity index (χ1) is 17.0. The average molecular weight is 497 g/mol. The van der Waals surface area contributed by atoms with Gasteiger partial charge >= 0.3 is 6.18 Å². The fourth-order valence-electron chi connectivity index (χ4n) is 4.65. The molecule has 0 bridgehead atoms. The Balaban J connectivity index is 1.55. The van der Waals surface area contributed by atoms with Gasteiger partial charge in [0.1, 0.15) is 11.7 Å². The van der Waals surface area contributed by atoms with Gasteiger partial charge in [0.05, 0.1) is 5.52 Å². The highest BCUT2D eigenvalue weighted by molar-refractivity contribution is 5.98. The van der Waals surface area contributed by atoms with Gasteiger partial charge in [0.15, 0.2) is 11.5 Å². The van der Waals surface area contributed by atoms with Crippen LogP contribution in [0.15, 0.2) is 48.7 Å². The number of fused-ring (bicyclic) bond motifs is 2. The average Bonchev–Trinajstić information content (AvgIpc) is 3.46. The van der Waals surface area contributed by atoms with Crippen LogP contribution in [0.4, 0.5) is 13.2 Å². The number of aromatic nitrogens is 4. The highest BCUT2D eigenvalue weighted by atomic mass is 19.4. The number of benzene rings is 1. The molecule has 1 amide bonds. The van der Waals surface area contributed by atoms with Gasteiger partial charge in [-0.25, -0.2) is 4.98 Å². The summed E-state index contributed by atoms with van der Waals surface area (Å²) >= 11 is 0. The van der Waals surface area contributed by atoms with Crippen molar-refractivity contribution in [2.75, 3.05) is 13.1 Å². The number of likely N-dealkylation sites (tertiary alicyclic amines) is 1. The Morgan fingerprint density at radius 2 is 1.72 bits per heavy atom. The third-order valence-electron chi connectivity index (χ3n) is 6.23. The Kier molecular flexibility index (Phi) is 5.94. The summed E-state index contributed by atoms with van der Waals surface area (Å²) in [5.74, 6) is 0.120. The van der Waals surface area contributed by atoms with Crippen molar-refractivity contribution < 1.29 is 18.0 Å². The van der Waals surface area contributed by atoms with Crippen LogP contribution in [0.25, 0.3) is 28.1 Å². The molecule has 1 atom stereocenters. The van der Waals surface area contributed by atoms with E-state index in [0.29, 0.717) is 41.3 Å². The lowest BCUT2D eigenvalue weighted by atomic mass is 10.1. The third-order valence-corrected chi connectivity index (χ3v) is 6.23. The third kappa shape index (κ3) is 4.77. The topological polar surface area (TPSA) is 75.4 Å². The maximum absolute atomic E-state index is 14.1. The summed E-state index contributed by atoms with van der Waals surface area (Å²) in [4.78, 5) is 18.8. The molecule has 0 spiro atoms. The van der Waals surface area contributed by atoms with Crippen molar-refractivity contribution in [3.8, 4) is 11.5 Å². The predicted molar refractivity (Wildman–Crippen MR) is 131 cm³/mol. The van der Waals surface area contributed by atoms with E-state index in [1.807, 2.05) is 32.9 Å². The van der Waals surface area contributed by atoms with Crippen LogP contribution in [0.2, 0.25) is 0 Å². The molecular formula is C26H27F3N6O. The number of nitrogens with zero attached hydrogens (tertiary/aromatic N) is 5. The standard InChI is InChI=1S/C26H27F3N6O/c1-25(2,3)31-24(36)17-7-6-16-8-10-19(30-20(16)14-17)23-33-32-21-11-9-18(15-35(21)23)22(26(27,28)29)34-12-4-5-13-34/h6-11,14-15,22H,4-5,12-13H2,1-3H3,(H,31,36). The van der Waals surface area contributed by atoms with Crippen LogP contribution in [0.1, 0.15) is 55.6 Å². The Hall–Kier alpha value is -3.53. The van der Waals surface area contributed by atoms with Crippen molar-refractivity contribution in [2.45, 2.75) is 51.4 Å². The molecule has 188 valence electrons. The van der Waals surface area contributed by atoms with Crippen LogP contribution in [-0.4, -0.2) is 55.2 Å². The van der Waals surface area contributed by atoms with Crippen LogP contribution >= 0.6 is 0 Å². The molecular weight excluding hydrogens is 469 g/mol. The first-order valence-corrected chi connectivity index (χ1v) is 11.9. The monoisotopic (exact) mass is 496 g/mol. The Labute approximate surface area is 206 Å². The number of halogens is 3. The molecule has 4 heterocycles. The van der Waals surface area contributed by atoms with E-state index in [0.717, 1.165) is 18.2 Å². The molecule has 1 saturated heterocycles. The Morgan fingerprint density at radius 3 is 2.42 bits per heavy atom. The molecule has 36 heavy (non-hydrogen) atoms. The van der Waals surface area contributed by atoms with Gasteiger partial charge in [0, 0.05) is 22.7 Å². The summed E-state index contributed by atoms with van der Waals surface area (Å²) in [5.41, 5.74) is 1.67. The van der Waals surface area contributed by atoms with Crippen molar-refractivity contribution in [1.82, 2.24) is 29.8 Å². The molecule has 0 radical (unpaired) electrons. The van der Waals surface area contributed by atoms with Crippen LogP contribution in [-0.2, 0) is 0 Å². The van der Waals surface area contributed by atoms with Crippen molar-refractivity contribution in [2.24, 2.45) is 0 Å². The van der Waals surface area contributed by atoms with Gasteiger partial charge < -0.3 is 5.32 Å². The first-order valence-electron chi connectivity index (χ1n) is 11.9. The molecule has 1 aliphatic rings. The lowest BCUT2D eigenvalue weighted by Gasteiger charge is -2.29. The predicted octanol–water partition coefficient (Wildman–Crippen LogP) is 5.17. The van der Waals surface area contributed by atoms with Crippen molar-refractivity contribution >= 4 is 22.5 Å². The summed E-state index contributed by atoms with van der Waals surface area (Å²) in [6.07, 6.45) is -1.44. The Bertz CT molecular complexity index is 1430. The second-order valence-electron chi connectivity index (χ2n) is 10.2. The van der Waals surface area contributed by atoms with E-state index in [2.05, 4.69) is 20.5 Å². The van der Waals surface area contributed by atoms with E-state index >= 15 is 0 Å². The number of hydrogen-bond acceptors (Lipinski definition) is 5. The molecule has 5 rings (SSSR count). The minimum Gasteiger partial charge on any atom is -0.347 e. The first kappa shape index (κ1) is 24.2. The highest BCUT2D eigenvalue weighted by Crippen LogP contribution is 2.39. The summed E-state index contributed by atoms with van der Waals surface area (Å²) in [6.45, 7) is 6.53. The number of pyridine rings is 2. The van der Waals surface area contributed by atoms with E-state index in [9.17, 15) is 18.0 Å². The smallest absolute Gasteiger partial charge is 0.347 e. The minimum absolute atomic E-state index is 0.139. The number of rotatable bonds is 4. The number of alkyl halides is 3. The fraction of sp³-hybridized carbons (Fsp3) is 0.385. The van der Waals surface area contributed by atoms with Gasteiger partial charge in [-0.3, -0.25) is 14.1 Å².